The molecule has 0 spiro atoms. The number of aromatic nitrogens is 4. The summed E-state index contributed by atoms with van der Waals surface area (Å²) in [7, 11) is 0. The predicted octanol–water partition coefficient (Wildman–Crippen LogP) is 11.0. The van der Waals surface area contributed by atoms with E-state index in [1.54, 1.807) is 0 Å². The van der Waals surface area contributed by atoms with Crippen LogP contribution in [0.2, 0.25) is 0 Å². The smallest absolute Gasteiger partial charge is 0.282 e. The number of para-hydroxylation sites is 2. The first kappa shape index (κ1) is 30.7. The number of nitrogens with zero attached hydrogens (tertiary/aromatic N) is 4. The summed E-state index contributed by atoms with van der Waals surface area (Å²) in [5.74, 6) is 0. The summed E-state index contributed by atoms with van der Waals surface area (Å²) in [5, 5.41) is 5.10. The van der Waals surface area contributed by atoms with E-state index < -0.39 is 0 Å². The van der Waals surface area contributed by atoms with E-state index in [0.717, 1.165) is 77.2 Å². The Labute approximate surface area is 318 Å². The van der Waals surface area contributed by atoms with Gasteiger partial charge < -0.3 is 9.13 Å². The zero-order chi connectivity index (χ0) is 37.1. The van der Waals surface area contributed by atoms with E-state index in [0.29, 0.717) is 21.8 Å². The Morgan fingerprint density at radius 1 is 0.268 bits per heavy atom. The van der Waals surface area contributed by atoms with Crippen molar-refractivity contribution in [2.75, 3.05) is 0 Å². The molecule has 8 aromatic carbocycles. The van der Waals surface area contributed by atoms with Crippen molar-refractivity contribution < 1.29 is 0 Å². The van der Waals surface area contributed by atoms with Gasteiger partial charge in [-0.3, -0.25) is 9.59 Å². The number of hydrogen-bond donors (Lipinski definition) is 0. The standard InChI is InChI=1S/C50H30N4O2/c55-49-41-27-39-37-18-7-10-21-44(37)52(36-17-11-16-34(26-36)32-14-5-2-6-15-32)46(39)30-48(41)53-47-28-40-38-19-8-9-20-43(38)51(45(40)29-42(47)50(56)54(49)53)35-24-22-33(23-25-35)31-12-3-1-4-13-31/h1-30H. The third-order valence-corrected chi connectivity index (χ3v) is 11.5. The van der Waals surface area contributed by atoms with Gasteiger partial charge in [0.05, 0.1) is 43.9 Å². The summed E-state index contributed by atoms with van der Waals surface area (Å²) in [5.41, 5.74) is 11.3. The van der Waals surface area contributed by atoms with Gasteiger partial charge in [-0.2, -0.15) is 4.52 Å². The average molecular weight is 719 g/mol. The molecular formula is C50H30N4O2. The normalized spacial score (nSPS) is 12.1. The lowest BCUT2D eigenvalue weighted by molar-refractivity contribution is 0.841. The molecule has 0 radical (unpaired) electrons. The van der Waals surface area contributed by atoms with Crippen LogP contribution in [-0.4, -0.2) is 18.2 Å². The van der Waals surface area contributed by atoms with Crippen molar-refractivity contribution in [3.8, 4) is 33.6 Å². The van der Waals surface area contributed by atoms with Crippen LogP contribution >= 0.6 is 0 Å². The monoisotopic (exact) mass is 718 g/mol. The summed E-state index contributed by atoms with van der Waals surface area (Å²) < 4.78 is 7.63. The van der Waals surface area contributed by atoms with Gasteiger partial charge in [-0.05, 0) is 82.9 Å². The van der Waals surface area contributed by atoms with Crippen molar-refractivity contribution in [2.24, 2.45) is 0 Å². The van der Waals surface area contributed by atoms with E-state index in [2.05, 4.69) is 130 Å². The molecule has 4 aromatic heterocycles. The van der Waals surface area contributed by atoms with Crippen LogP contribution in [0.15, 0.2) is 192 Å². The Morgan fingerprint density at radius 3 is 1.43 bits per heavy atom. The van der Waals surface area contributed by atoms with Gasteiger partial charge in [-0.25, -0.2) is 4.52 Å². The fraction of sp³-hybridized carbons (Fsp3) is 0. The largest absolute Gasteiger partial charge is 0.309 e. The highest BCUT2D eigenvalue weighted by Gasteiger charge is 2.23. The van der Waals surface area contributed by atoms with Gasteiger partial charge in [0.1, 0.15) is 0 Å². The van der Waals surface area contributed by atoms with Crippen LogP contribution in [0, 0.1) is 0 Å². The molecule has 6 nitrogen and oxygen atoms in total. The van der Waals surface area contributed by atoms with Gasteiger partial charge in [0.25, 0.3) is 11.1 Å². The second-order valence-electron chi connectivity index (χ2n) is 14.5. The van der Waals surface area contributed by atoms with Crippen molar-refractivity contribution in [1.82, 2.24) is 18.2 Å². The van der Waals surface area contributed by atoms with Crippen LogP contribution in [0.3, 0.4) is 0 Å². The fourth-order valence-electron chi connectivity index (χ4n) is 8.99. The van der Waals surface area contributed by atoms with Crippen LogP contribution in [0.25, 0.3) is 99.0 Å². The topological polar surface area (TPSA) is 52.8 Å². The molecule has 0 bridgehead atoms. The Bertz CT molecular complexity index is 3670. The second kappa shape index (κ2) is 11.4. The van der Waals surface area contributed by atoms with Gasteiger partial charge >= 0.3 is 0 Å². The molecule has 0 saturated heterocycles. The minimum atomic E-state index is -0.327. The zero-order valence-corrected chi connectivity index (χ0v) is 29.9. The molecule has 56 heavy (non-hydrogen) atoms. The van der Waals surface area contributed by atoms with Gasteiger partial charge in [0.15, 0.2) is 0 Å². The van der Waals surface area contributed by atoms with Crippen LogP contribution in [0.1, 0.15) is 0 Å². The third-order valence-electron chi connectivity index (χ3n) is 11.5. The van der Waals surface area contributed by atoms with E-state index in [9.17, 15) is 9.59 Å². The van der Waals surface area contributed by atoms with Crippen LogP contribution in [-0.2, 0) is 0 Å². The van der Waals surface area contributed by atoms with E-state index in [-0.39, 0.29) is 11.1 Å². The van der Waals surface area contributed by atoms with Gasteiger partial charge in [-0.15, -0.1) is 0 Å². The molecule has 0 amide bonds. The first-order chi connectivity index (χ1) is 27.6. The van der Waals surface area contributed by atoms with E-state index in [1.807, 2.05) is 65.2 Å². The number of fused-ring (bicyclic) bond motifs is 11. The van der Waals surface area contributed by atoms with E-state index in [4.69, 9.17) is 0 Å². The third kappa shape index (κ3) is 4.21. The number of hydrogen-bond acceptors (Lipinski definition) is 2. The first-order valence-electron chi connectivity index (χ1n) is 18.8. The molecule has 0 fully saturated rings. The highest BCUT2D eigenvalue weighted by atomic mass is 16.2. The molecule has 0 saturated carbocycles. The SMILES string of the molecule is O=c1c2cc3c(cc2n2c4cc5c(cc4c(=O)n12)c1ccccc1n5-c1cccc(-c2ccccc2)c1)c1ccccc1n3-c1ccc(-c2ccccc2)cc1. The molecule has 12 rings (SSSR count). The van der Waals surface area contributed by atoms with E-state index >= 15 is 0 Å². The lowest BCUT2D eigenvalue weighted by Gasteiger charge is -2.10. The maximum Gasteiger partial charge on any atom is 0.282 e. The molecule has 12 aromatic rings. The van der Waals surface area contributed by atoms with Crippen molar-refractivity contribution >= 4 is 65.4 Å². The summed E-state index contributed by atoms with van der Waals surface area (Å²) in [6.45, 7) is 0. The summed E-state index contributed by atoms with van der Waals surface area (Å²) in [4.78, 5) is 28.8. The Hall–Kier alpha value is -7.70. The average Bonchev–Trinajstić information content (AvgIpc) is 3.95. The van der Waals surface area contributed by atoms with Crippen LogP contribution < -0.4 is 11.1 Å². The molecule has 6 heteroatoms. The maximum absolute atomic E-state index is 14.4. The van der Waals surface area contributed by atoms with Crippen LogP contribution in [0.5, 0.6) is 0 Å². The Kier molecular flexibility index (Phi) is 6.26. The quantitative estimate of drug-likeness (QED) is 0.182. The van der Waals surface area contributed by atoms with Gasteiger partial charge in [0.2, 0.25) is 0 Å². The van der Waals surface area contributed by atoms with Crippen molar-refractivity contribution in [1.29, 1.82) is 0 Å². The fourth-order valence-corrected chi connectivity index (χ4v) is 8.99. The Morgan fingerprint density at radius 2 is 0.750 bits per heavy atom. The second-order valence-corrected chi connectivity index (χ2v) is 14.5. The van der Waals surface area contributed by atoms with Crippen molar-refractivity contribution in [3.63, 3.8) is 0 Å². The molecule has 0 atom stereocenters. The minimum absolute atomic E-state index is 0.320. The number of benzene rings is 8. The molecule has 262 valence electrons. The molecule has 0 N–H and O–H groups in total. The highest BCUT2D eigenvalue weighted by molar-refractivity contribution is 6.15. The molecule has 0 aliphatic carbocycles. The van der Waals surface area contributed by atoms with Crippen molar-refractivity contribution in [3.05, 3.63) is 203 Å². The first-order valence-corrected chi connectivity index (χ1v) is 18.8. The van der Waals surface area contributed by atoms with Gasteiger partial charge in [-0.1, -0.05) is 121 Å². The molecular weight excluding hydrogens is 689 g/mol. The molecule has 0 aliphatic rings. The molecule has 0 aliphatic heterocycles. The number of rotatable bonds is 4. The summed E-state index contributed by atoms with van der Waals surface area (Å²) in [6, 6.07) is 62.6. The highest BCUT2D eigenvalue weighted by Crippen LogP contribution is 2.38. The van der Waals surface area contributed by atoms with E-state index in [1.165, 1.54) is 4.52 Å². The summed E-state index contributed by atoms with van der Waals surface area (Å²) >= 11 is 0. The zero-order valence-electron chi connectivity index (χ0n) is 29.9. The predicted molar refractivity (Wildman–Crippen MR) is 229 cm³/mol. The summed E-state index contributed by atoms with van der Waals surface area (Å²) in [6.07, 6.45) is 0. The lowest BCUT2D eigenvalue weighted by Crippen LogP contribution is -2.21. The molecule has 0 unspecified atom stereocenters. The minimum Gasteiger partial charge on any atom is -0.309 e. The molecule has 4 heterocycles. The van der Waals surface area contributed by atoms with Crippen molar-refractivity contribution in [2.45, 2.75) is 0 Å². The maximum atomic E-state index is 14.4. The van der Waals surface area contributed by atoms with Gasteiger partial charge in [0, 0.05) is 32.9 Å². The van der Waals surface area contributed by atoms with Crippen LogP contribution in [0.4, 0.5) is 0 Å². The Balaban J connectivity index is 1.13. The lowest BCUT2D eigenvalue weighted by atomic mass is 10.1.